The van der Waals surface area contributed by atoms with E-state index < -0.39 is 5.97 Å². The molecule has 0 atom stereocenters. The van der Waals surface area contributed by atoms with E-state index >= 15 is 0 Å². The molecule has 0 amide bonds. The Morgan fingerprint density at radius 2 is 2.04 bits per heavy atom. The maximum absolute atomic E-state index is 11.7. The Kier molecular flexibility index (Phi) is 4.92. The van der Waals surface area contributed by atoms with Gasteiger partial charge in [0.2, 0.25) is 0 Å². The molecule has 0 bridgehead atoms. The van der Waals surface area contributed by atoms with E-state index in [2.05, 4.69) is 21.0 Å². The van der Waals surface area contributed by atoms with E-state index in [1.807, 2.05) is 48.7 Å². The van der Waals surface area contributed by atoms with E-state index in [0.29, 0.717) is 12.3 Å². The lowest BCUT2D eigenvalue weighted by atomic mass is 10.1. The predicted molar refractivity (Wildman–Crippen MR) is 90.3 cm³/mol. The number of hydrogen-bond donors (Lipinski definition) is 0. The summed E-state index contributed by atoms with van der Waals surface area (Å²) in [5.41, 5.74) is 0. The fourth-order valence-electron chi connectivity index (χ4n) is 2.19. The van der Waals surface area contributed by atoms with Gasteiger partial charge in [-0.15, -0.1) is 0 Å². The van der Waals surface area contributed by atoms with Gasteiger partial charge in [0.25, 0.3) is 0 Å². The van der Waals surface area contributed by atoms with Gasteiger partial charge in [0.15, 0.2) is 6.61 Å². The molecule has 1 heterocycles. The molecular formula is C17H15BrN2O3. The second kappa shape index (κ2) is 7.28. The molecule has 118 valence electrons. The third-order valence-corrected chi connectivity index (χ3v) is 4.13. The largest absolute Gasteiger partial charge is 0.481 e. The molecule has 23 heavy (non-hydrogen) atoms. The SMILES string of the molecule is O=C(COc1ccc2ccccc2c1Br)OCCn1cccn1. The quantitative estimate of drug-likeness (QED) is 0.620. The fraction of sp³-hybridized carbons (Fsp3) is 0.176. The van der Waals surface area contributed by atoms with Gasteiger partial charge in [-0.1, -0.05) is 30.3 Å². The summed E-state index contributed by atoms with van der Waals surface area (Å²) in [6.07, 6.45) is 3.50. The molecule has 0 aliphatic rings. The van der Waals surface area contributed by atoms with Gasteiger partial charge >= 0.3 is 5.97 Å². The van der Waals surface area contributed by atoms with E-state index in [-0.39, 0.29) is 13.2 Å². The van der Waals surface area contributed by atoms with Crippen LogP contribution in [0.1, 0.15) is 0 Å². The number of rotatable bonds is 6. The molecule has 0 saturated carbocycles. The van der Waals surface area contributed by atoms with E-state index in [0.717, 1.165) is 15.2 Å². The minimum absolute atomic E-state index is 0.129. The monoisotopic (exact) mass is 374 g/mol. The molecule has 0 fully saturated rings. The first-order chi connectivity index (χ1) is 11.2. The number of ether oxygens (including phenoxy) is 2. The first kappa shape index (κ1) is 15.6. The van der Waals surface area contributed by atoms with E-state index in [1.165, 1.54) is 0 Å². The van der Waals surface area contributed by atoms with Crippen molar-refractivity contribution in [1.29, 1.82) is 0 Å². The van der Waals surface area contributed by atoms with Crippen LogP contribution in [0.25, 0.3) is 10.8 Å². The van der Waals surface area contributed by atoms with Crippen LogP contribution in [0, 0.1) is 0 Å². The highest BCUT2D eigenvalue weighted by molar-refractivity contribution is 9.10. The Hall–Kier alpha value is -2.34. The minimum Gasteiger partial charge on any atom is -0.481 e. The first-order valence-electron chi connectivity index (χ1n) is 7.17. The molecule has 6 heteroatoms. The van der Waals surface area contributed by atoms with Crippen LogP contribution in [0.3, 0.4) is 0 Å². The third kappa shape index (κ3) is 3.90. The van der Waals surface area contributed by atoms with Crippen LogP contribution in [-0.2, 0) is 16.1 Å². The first-order valence-corrected chi connectivity index (χ1v) is 7.96. The van der Waals surface area contributed by atoms with Crippen LogP contribution in [0.15, 0.2) is 59.3 Å². The van der Waals surface area contributed by atoms with Gasteiger partial charge in [-0.25, -0.2) is 4.79 Å². The number of fused-ring (bicyclic) bond motifs is 1. The Balaban J connectivity index is 1.53. The van der Waals surface area contributed by atoms with Gasteiger partial charge in [0.05, 0.1) is 11.0 Å². The second-order valence-electron chi connectivity index (χ2n) is 4.88. The van der Waals surface area contributed by atoms with E-state index in [9.17, 15) is 4.79 Å². The van der Waals surface area contributed by atoms with Crippen molar-refractivity contribution in [2.45, 2.75) is 6.54 Å². The van der Waals surface area contributed by atoms with Crippen LogP contribution in [0.5, 0.6) is 5.75 Å². The standard InChI is InChI=1S/C17H15BrN2O3/c18-17-14-5-2-1-4-13(14)6-7-15(17)23-12-16(21)22-11-10-20-9-3-8-19-20/h1-9H,10-12H2. The molecule has 0 aliphatic carbocycles. The van der Waals surface area contributed by atoms with E-state index in [4.69, 9.17) is 9.47 Å². The maximum atomic E-state index is 11.7. The second-order valence-corrected chi connectivity index (χ2v) is 5.67. The van der Waals surface area contributed by atoms with Gasteiger partial charge in [0.1, 0.15) is 12.4 Å². The number of hydrogen-bond acceptors (Lipinski definition) is 4. The highest BCUT2D eigenvalue weighted by atomic mass is 79.9. The Morgan fingerprint density at radius 3 is 2.87 bits per heavy atom. The summed E-state index contributed by atoms with van der Waals surface area (Å²) in [5, 5.41) is 6.18. The number of nitrogens with zero attached hydrogens (tertiary/aromatic N) is 2. The molecule has 1 aromatic heterocycles. The molecule has 0 unspecified atom stereocenters. The molecule has 0 spiro atoms. The third-order valence-electron chi connectivity index (χ3n) is 3.32. The van der Waals surface area contributed by atoms with Crippen LogP contribution in [0.2, 0.25) is 0 Å². The average molecular weight is 375 g/mol. The molecular weight excluding hydrogens is 360 g/mol. The van der Waals surface area contributed by atoms with Crippen molar-refractivity contribution in [3.63, 3.8) is 0 Å². The zero-order chi connectivity index (χ0) is 16.1. The van der Waals surface area contributed by atoms with Crippen molar-refractivity contribution in [3.05, 3.63) is 59.3 Å². The summed E-state index contributed by atoms with van der Waals surface area (Å²) in [4.78, 5) is 11.7. The minimum atomic E-state index is -0.405. The Morgan fingerprint density at radius 1 is 1.17 bits per heavy atom. The van der Waals surface area contributed by atoms with Crippen molar-refractivity contribution in [2.75, 3.05) is 13.2 Å². The maximum Gasteiger partial charge on any atom is 0.344 e. The van der Waals surface area contributed by atoms with Crippen molar-refractivity contribution < 1.29 is 14.3 Å². The Bertz CT molecular complexity index is 803. The van der Waals surface area contributed by atoms with Crippen molar-refractivity contribution in [2.24, 2.45) is 0 Å². The molecule has 2 aromatic carbocycles. The van der Waals surface area contributed by atoms with Crippen molar-refractivity contribution in [3.8, 4) is 5.75 Å². The van der Waals surface area contributed by atoms with Gasteiger partial charge in [0, 0.05) is 12.4 Å². The highest BCUT2D eigenvalue weighted by Crippen LogP contribution is 2.32. The summed E-state index contributed by atoms with van der Waals surface area (Å²) in [6.45, 7) is 0.664. The number of carbonyl (C=O) groups excluding carboxylic acids is 1. The lowest BCUT2D eigenvalue weighted by Gasteiger charge is -2.10. The van der Waals surface area contributed by atoms with Crippen molar-refractivity contribution in [1.82, 2.24) is 9.78 Å². The lowest BCUT2D eigenvalue weighted by Crippen LogP contribution is -2.18. The number of esters is 1. The van der Waals surface area contributed by atoms with Gasteiger partial charge < -0.3 is 9.47 Å². The van der Waals surface area contributed by atoms with Crippen LogP contribution in [-0.4, -0.2) is 29.0 Å². The van der Waals surface area contributed by atoms with Gasteiger partial charge in [-0.05, 0) is 38.8 Å². The summed E-state index contributed by atoms with van der Waals surface area (Å²) >= 11 is 3.52. The summed E-state index contributed by atoms with van der Waals surface area (Å²) < 4.78 is 13.2. The molecule has 0 aliphatic heterocycles. The molecule has 5 nitrogen and oxygen atoms in total. The number of aromatic nitrogens is 2. The smallest absolute Gasteiger partial charge is 0.344 e. The fourth-order valence-corrected chi connectivity index (χ4v) is 2.80. The summed E-state index contributed by atoms with van der Waals surface area (Å²) in [7, 11) is 0. The number of halogens is 1. The van der Waals surface area contributed by atoms with Crippen LogP contribution < -0.4 is 4.74 Å². The summed E-state index contributed by atoms with van der Waals surface area (Å²) in [5.74, 6) is 0.213. The van der Waals surface area contributed by atoms with E-state index in [1.54, 1.807) is 10.9 Å². The molecule has 3 aromatic rings. The molecule has 0 radical (unpaired) electrons. The summed E-state index contributed by atoms with van der Waals surface area (Å²) in [6, 6.07) is 13.6. The number of carbonyl (C=O) groups is 1. The predicted octanol–water partition coefficient (Wildman–Crippen LogP) is 3.42. The average Bonchev–Trinajstić information content (AvgIpc) is 3.08. The highest BCUT2D eigenvalue weighted by Gasteiger charge is 2.09. The van der Waals surface area contributed by atoms with Gasteiger partial charge in [-0.2, -0.15) is 5.10 Å². The zero-order valence-electron chi connectivity index (χ0n) is 12.3. The van der Waals surface area contributed by atoms with Crippen LogP contribution >= 0.6 is 15.9 Å². The zero-order valence-corrected chi connectivity index (χ0v) is 13.9. The topological polar surface area (TPSA) is 53.4 Å². The lowest BCUT2D eigenvalue weighted by molar-refractivity contribution is -0.146. The molecule has 0 saturated heterocycles. The Labute approximate surface area is 141 Å². The molecule has 3 rings (SSSR count). The normalized spacial score (nSPS) is 10.7. The number of benzene rings is 2. The van der Waals surface area contributed by atoms with Crippen LogP contribution in [0.4, 0.5) is 0 Å². The molecule has 0 N–H and O–H groups in total. The van der Waals surface area contributed by atoms with Gasteiger partial charge in [-0.3, -0.25) is 4.68 Å². The van der Waals surface area contributed by atoms with Crippen molar-refractivity contribution >= 4 is 32.7 Å².